The van der Waals surface area contributed by atoms with Crippen LogP contribution in [0.4, 0.5) is 4.79 Å². The number of amides is 2. The summed E-state index contributed by atoms with van der Waals surface area (Å²) >= 11 is 0. The van der Waals surface area contributed by atoms with Crippen molar-refractivity contribution in [2.75, 3.05) is 13.1 Å². The molecule has 1 heterocycles. The van der Waals surface area contributed by atoms with Gasteiger partial charge in [0.2, 0.25) is 0 Å². The molecule has 2 amide bonds. The number of nitrogens with zero attached hydrogens (tertiary/aromatic N) is 1. The van der Waals surface area contributed by atoms with E-state index in [1.807, 2.05) is 0 Å². The molecule has 0 unspecified atom stereocenters. The first-order valence-corrected chi connectivity index (χ1v) is 3.57. The van der Waals surface area contributed by atoms with Crippen molar-refractivity contribution in [3.05, 3.63) is 11.8 Å². The van der Waals surface area contributed by atoms with Crippen LogP contribution in [0.1, 0.15) is 6.92 Å². The van der Waals surface area contributed by atoms with E-state index in [-0.39, 0.29) is 11.6 Å². The summed E-state index contributed by atoms with van der Waals surface area (Å²) in [7, 11) is 0. The number of carboxylic acids is 1. The molecule has 5 heteroatoms. The molecule has 1 fully saturated rings. The molecule has 2 N–H and O–H groups in total. The normalized spacial score (nSPS) is 17.9. The lowest BCUT2D eigenvalue weighted by molar-refractivity contribution is -0.132. The Morgan fingerprint density at radius 1 is 1.75 bits per heavy atom. The molecular weight excluding hydrogens is 160 g/mol. The van der Waals surface area contributed by atoms with Crippen molar-refractivity contribution < 1.29 is 14.7 Å². The lowest BCUT2D eigenvalue weighted by Crippen LogP contribution is -2.23. The second-order valence-electron chi connectivity index (χ2n) is 2.54. The maximum Gasteiger partial charge on any atom is 0.332 e. The number of carboxylic acid groups (broad SMARTS) is 1. The minimum atomic E-state index is -1.00. The van der Waals surface area contributed by atoms with E-state index in [4.69, 9.17) is 5.11 Å². The number of urea groups is 1. The molecular formula is C7H10N2O3. The summed E-state index contributed by atoms with van der Waals surface area (Å²) in [6.45, 7) is 2.56. The Balaban J connectivity index is 2.66. The SMILES string of the molecule is CC(=CN1CCNC1=O)C(=O)O. The molecule has 0 aromatic carbocycles. The highest BCUT2D eigenvalue weighted by atomic mass is 16.4. The van der Waals surface area contributed by atoms with Crippen LogP contribution in [-0.4, -0.2) is 35.1 Å². The van der Waals surface area contributed by atoms with Crippen molar-refractivity contribution in [3.63, 3.8) is 0 Å². The van der Waals surface area contributed by atoms with Gasteiger partial charge in [0.05, 0.1) is 5.57 Å². The van der Waals surface area contributed by atoms with E-state index >= 15 is 0 Å². The van der Waals surface area contributed by atoms with Crippen LogP contribution in [0.25, 0.3) is 0 Å². The molecule has 0 aromatic heterocycles. The zero-order valence-electron chi connectivity index (χ0n) is 6.70. The van der Waals surface area contributed by atoms with Crippen LogP contribution in [0.15, 0.2) is 11.8 Å². The second-order valence-corrected chi connectivity index (χ2v) is 2.54. The third-order valence-corrected chi connectivity index (χ3v) is 1.58. The van der Waals surface area contributed by atoms with Crippen molar-refractivity contribution in [2.24, 2.45) is 0 Å². The van der Waals surface area contributed by atoms with E-state index in [2.05, 4.69) is 5.32 Å². The summed E-state index contributed by atoms with van der Waals surface area (Å²) in [4.78, 5) is 22.6. The maximum atomic E-state index is 10.9. The lowest BCUT2D eigenvalue weighted by atomic mass is 10.3. The topological polar surface area (TPSA) is 69.6 Å². The van der Waals surface area contributed by atoms with Gasteiger partial charge >= 0.3 is 12.0 Å². The van der Waals surface area contributed by atoms with Crippen molar-refractivity contribution >= 4 is 12.0 Å². The molecule has 0 radical (unpaired) electrons. The van der Waals surface area contributed by atoms with Gasteiger partial charge in [0.25, 0.3) is 0 Å². The maximum absolute atomic E-state index is 10.9. The number of carbonyl (C=O) groups is 2. The molecule has 1 aliphatic heterocycles. The first-order chi connectivity index (χ1) is 5.61. The van der Waals surface area contributed by atoms with Crippen LogP contribution in [0.5, 0.6) is 0 Å². The van der Waals surface area contributed by atoms with Gasteiger partial charge in [-0.1, -0.05) is 0 Å². The summed E-state index contributed by atoms with van der Waals surface area (Å²) in [5.74, 6) is -1.00. The average molecular weight is 170 g/mol. The fraction of sp³-hybridized carbons (Fsp3) is 0.429. The van der Waals surface area contributed by atoms with Crippen LogP contribution in [0, 0.1) is 0 Å². The third kappa shape index (κ3) is 1.75. The van der Waals surface area contributed by atoms with E-state index < -0.39 is 5.97 Å². The molecule has 0 bridgehead atoms. The van der Waals surface area contributed by atoms with E-state index in [1.165, 1.54) is 18.0 Å². The van der Waals surface area contributed by atoms with Gasteiger partial charge in [-0.15, -0.1) is 0 Å². The fourth-order valence-electron chi connectivity index (χ4n) is 0.899. The van der Waals surface area contributed by atoms with Gasteiger partial charge < -0.3 is 10.4 Å². The zero-order valence-corrected chi connectivity index (χ0v) is 6.70. The van der Waals surface area contributed by atoms with Gasteiger partial charge in [0, 0.05) is 19.3 Å². The second kappa shape index (κ2) is 3.25. The van der Waals surface area contributed by atoms with Crippen molar-refractivity contribution in [2.45, 2.75) is 6.92 Å². The molecule has 66 valence electrons. The van der Waals surface area contributed by atoms with Crippen LogP contribution in [0.2, 0.25) is 0 Å². The third-order valence-electron chi connectivity index (χ3n) is 1.58. The molecule has 0 spiro atoms. The monoisotopic (exact) mass is 170 g/mol. The minimum absolute atomic E-state index is 0.159. The summed E-state index contributed by atoms with van der Waals surface area (Å²) in [6, 6.07) is -0.240. The van der Waals surface area contributed by atoms with Gasteiger partial charge in [-0.3, -0.25) is 4.90 Å². The van der Waals surface area contributed by atoms with Crippen LogP contribution in [0.3, 0.4) is 0 Å². The van der Waals surface area contributed by atoms with Gasteiger partial charge in [0.1, 0.15) is 0 Å². The Kier molecular flexibility index (Phi) is 2.32. The van der Waals surface area contributed by atoms with Crippen LogP contribution < -0.4 is 5.32 Å². The Labute approximate surface area is 69.7 Å². The number of hydrogen-bond donors (Lipinski definition) is 2. The first kappa shape index (κ1) is 8.58. The summed E-state index contributed by atoms with van der Waals surface area (Å²) in [6.07, 6.45) is 1.34. The first-order valence-electron chi connectivity index (χ1n) is 3.57. The smallest absolute Gasteiger partial charge is 0.332 e. The molecule has 1 aliphatic rings. The molecule has 12 heavy (non-hydrogen) atoms. The lowest BCUT2D eigenvalue weighted by Gasteiger charge is -2.07. The number of nitrogens with one attached hydrogen (secondary N) is 1. The minimum Gasteiger partial charge on any atom is -0.478 e. The van der Waals surface area contributed by atoms with E-state index in [0.29, 0.717) is 13.1 Å². The number of hydrogen-bond acceptors (Lipinski definition) is 2. The number of rotatable bonds is 2. The molecule has 0 atom stereocenters. The van der Waals surface area contributed by atoms with Gasteiger partial charge in [-0.25, -0.2) is 9.59 Å². The molecule has 0 saturated carbocycles. The molecule has 1 rings (SSSR count). The highest BCUT2D eigenvalue weighted by Gasteiger charge is 2.17. The summed E-state index contributed by atoms with van der Waals surface area (Å²) in [5, 5.41) is 11.1. The predicted molar refractivity (Wildman–Crippen MR) is 41.5 cm³/mol. The Morgan fingerprint density at radius 3 is 2.83 bits per heavy atom. The van der Waals surface area contributed by atoms with Gasteiger partial charge in [-0.2, -0.15) is 0 Å². The number of carbonyl (C=O) groups excluding carboxylic acids is 1. The van der Waals surface area contributed by atoms with E-state index in [0.717, 1.165) is 0 Å². The van der Waals surface area contributed by atoms with Crippen molar-refractivity contribution in [3.8, 4) is 0 Å². The van der Waals surface area contributed by atoms with E-state index in [9.17, 15) is 9.59 Å². The summed E-state index contributed by atoms with van der Waals surface area (Å²) in [5.41, 5.74) is 0.159. The van der Waals surface area contributed by atoms with Crippen LogP contribution in [-0.2, 0) is 4.79 Å². The largest absolute Gasteiger partial charge is 0.478 e. The highest BCUT2D eigenvalue weighted by Crippen LogP contribution is 2.01. The Hall–Kier alpha value is -1.52. The Morgan fingerprint density at radius 2 is 2.42 bits per heavy atom. The standard InChI is InChI=1S/C7H10N2O3/c1-5(6(10)11)4-9-3-2-8-7(9)12/h4H,2-3H2,1H3,(H,8,12)(H,10,11). The highest BCUT2D eigenvalue weighted by molar-refractivity contribution is 5.87. The Bertz CT molecular complexity index is 247. The van der Waals surface area contributed by atoms with E-state index in [1.54, 1.807) is 0 Å². The molecule has 1 saturated heterocycles. The van der Waals surface area contributed by atoms with Crippen molar-refractivity contribution in [1.82, 2.24) is 10.2 Å². The average Bonchev–Trinajstić information content (AvgIpc) is 2.36. The summed E-state index contributed by atoms with van der Waals surface area (Å²) < 4.78 is 0. The zero-order chi connectivity index (χ0) is 9.14. The van der Waals surface area contributed by atoms with Gasteiger partial charge in [-0.05, 0) is 6.92 Å². The van der Waals surface area contributed by atoms with Crippen molar-refractivity contribution in [1.29, 1.82) is 0 Å². The quantitative estimate of drug-likeness (QED) is 0.573. The van der Waals surface area contributed by atoms with Gasteiger partial charge in [0.15, 0.2) is 0 Å². The van der Waals surface area contributed by atoms with Crippen LogP contribution >= 0.6 is 0 Å². The predicted octanol–water partition coefficient (Wildman–Crippen LogP) is 0. The number of aliphatic carboxylic acids is 1. The molecule has 0 aromatic rings. The molecule has 0 aliphatic carbocycles. The molecule has 5 nitrogen and oxygen atoms in total. The fourth-order valence-corrected chi connectivity index (χ4v) is 0.899.